The zero-order valence-electron chi connectivity index (χ0n) is 53.0. The summed E-state index contributed by atoms with van der Waals surface area (Å²) in [7, 11) is 0. The molecule has 0 aliphatic heterocycles. The third-order valence-electron chi connectivity index (χ3n) is 18.5. The molecule has 0 radical (unpaired) electrons. The smallest absolute Gasteiger partial charge is 0.238 e. The number of hydrogen-bond donors (Lipinski definition) is 0. The Morgan fingerprint density at radius 3 is 1.09 bits per heavy atom. The molecule has 460 valence electrons. The van der Waals surface area contributed by atoms with Crippen molar-refractivity contribution in [3.63, 3.8) is 0 Å². The monoisotopic (exact) mass is 1290 g/mol. The summed E-state index contributed by atoms with van der Waals surface area (Å²) in [5.41, 5.74) is 21.1. The van der Waals surface area contributed by atoms with E-state index in [-0.39, 0.29) is 0 Å². The van der Waals surface area contributed by atoms with E-state index in [1.807, 2.05) is 59.1 Å². The van der Waals surface area contributed by atoms with Gasteiger partial charge in [-0.25, -0.2) is 9.97 Å². The maximum atomic E-state index is 5.28. The van der Waals surface area contributed by atoms with Crippen molar-refractivity contribution in [1.82, 2.24) is 29.1 Å². The number of aromatic nitrogens is 6. The molecule has 13 aromatic carbocycles. The highest BCUT2D eigenvalue weighted by Crippen LogP contribution is 2.46. The van der Waals surface area contributed by atoms with E-state index >= 15 is 0 Å². The first kappa shape index (κ1) is 58.1. The summed E-state index contributed by atoms with van der Waals surface area (Å²) >= 11 is 3.71. The van der Waals surface area contributed by atoms with Crippen LogP contribution in [0.1, 0.15) is 0 Å². The maximum Gasteiger partial charge on any atom is 0.238 e. The van der Waals surface area contributed by atoms with E-state index in [0.717, 1.165) is 67.1 Å². The number of pyridine rings is 1. The van der Waals surface area contributed by atoms with Crippen LogP contribution >= 0.6 is 22.7 Å². The van der Waals surface area contributed by atoms with Gasteiger partial charge >= 0.3 is 0 Å². The zero-order valence-corrected chi connectivity index (χ0v) is 54.6. The van der Waals surface area contributed by atoms with Crippen molar-refractivity contribution in [3.05, 3.63) is 352 Å². The molecule has 0 amide bonds. The van der Waals surface area contributed by atoms with Crippen molar-refractivity contribution in [2.45, 2.75) is 0 Å². The van der Waals surface area contributed by atoms with Gasteiger partial charge in [-0.15, -0.1) is 22.7 Å². The quantitative estimate of drug-likeness (QED) is 0.129. The predicted octanol–water partition coefficient (Wildman–Crippen LogP) is 24.6. The molecule has 0 atom stereocenters. The summed E-state index contributed by atoms with van der Waals surface area (Å²) in [6, 6.07) is 124. The van der Waals surface area contributed by atoms with Gasteiger partial charge in [0.2, 0.25) is 5.95 Å². The number of thiophene rings is 2. The Morgan fingerprint density at radius 1 is 0.224 bits per heavy atom. The molecule has 0 saturated heterocycles. The predicted molar refractivity (Wildman–Crippen MR) is 412 cm³/mol. The van der Waals surface area contributed by atoms with Crippen molar-refractivity contribution in [2.24, 2.45) is 0 Å². The molecule has 0 fully saturated rings. The number of fused-ring (bicyclic) bond motifs is 10. The van der Waals surface area contributed by atoms with Crippen LogP contribution in [0.15, 0.2) is 352 Å². The summed E-state index contributed by atoms with van der Waals surface area (Å²) in [6.07, 6.45) is 0. The second kappa shape index (κ2) is 25.0. The third kappa shape index (κ3) is 10.8. The summed E-state index contributed by atoms with van der Waals surface area (Å²) < 4.78 is 7.20. The van der Waals surface area contributed by atoms with Gasteiger partial charge in [0, 0.05) is 68.6 Å². The fourth-order valence-electron chi connectivity index (χ4n) is 13.7. The minimum absolute atomic E-state index is 0.598. The van der Waals surface area contributed by atoms with Crippen LogP contribution in [0, 0.1) is 0 Å². The summed E-state index contributed by atoms with van der Waals surface area (Å²) in [5.74, 6) is 1.88. The molecule has 0 aliphatic carbocycles. The summed E-state index contributed by atoms with van der Waals surface area (Å²) in [6.45, 7) is 0. The highest BCUT2D eigenvalue weighted by atomic mass is 32.1. The van der Waals surface area contributed by atoms with Crippen LogP contribution in [-0.4, -0.2) is 29.1 Å². The minimum Gasteiger partial charge on any atom is -0.309 e. The third-order valence-corrected chi connectivity index (χ3v) is 20.9. The van der Waals surface area contributed by atoms with Gasteiger partial charge in [-0.2, -0.15) is 9.97 Å². The molecule has 8 heteroatoms. The molecule has 6 heterocycles. The van der Waals surface area contributed by atoms with Crippen molar-refractivity contribution >= 4 is 86.5 Å². The average molecular weight is 1290 g/mol. The summed E-state index contributed by atoms with van der Waals surface area (Å²) in [4.78, 5) is 23.1. The SMILES string of the molecule is c1ccc(-c2ccc(-c3cc(-c4ccccc4)nc(-c4cccc(-n5c6ccccc6c6c7sc(-c8ccccc8)cc7ccc65)c4)c3)cc2)cc1.c1ccc(-c2ccc(-c3nc(-c4ccccc4)nc(-n4c5ccccc5c5c6sc(-c7ccccc7)cc6ccc54)n3)cc2)cc1. The average Bonchev–Trinajstić information content (AvgIpc) is 1.58. The van der Waals surface area contributed by atoms with Crippen molar-refractivity contribution < 1.29 is 0 Å². The second-order valence-corrected chi connectivity index (χ2v) is 26.6. The lowest BCUT2D eigenvalue weighted by molar-refractivity contribution is 0.953. The number of rotatable bonds is 11. The van der Waals surface area contributed by atoms with Crippen LogP contribution in [0.25, 0.3) is 175 Å². The molecule has 0 saturated carbocycles. The van der Waals surface area contributed by atoms with Gasteiger partial charge in [-0.3, -0.25) is 4.57 Å². The first-order valence-corrected chi connectivity index (χ1v) is 34.5. The number of hydrogen-bond acceptors (Lipinski definition) is 6. The molecule has 0 bridgehead atoms. The maximum absolute atomic E-state index is 5.28. The molecule has 98 heavy (non-hydrogen) atoms. The van der Waals surface area contributed by atoms with Gasteiger partial charge in [-0.05, 0) is 116 Å². The van der Waals surface area contributed by atoms with Crippen LogP contribution in [0.2, 0.25) is 0 Å². The van der Waals surface area contributed by atoms with E-state index in [9.17, 15) is 0 Å². The molecular formula is C90H58N6S2. The van der Waals surface area contributed by atoms with E-state index in [1.54, 1.807) is 0 Å². The van der Waals surface area contributed by atoms with Gasteiger partial charge in [0.1, 0.15) is 0 Å². The van der Waals surface area contributed by atoms with Crippen LogP contribution < -0.4 is 0 Å². The Hall–Kier alpha value is -12.5. The first-order chi connectivity index (χ1) is 48.6. The Kier molecular flexibility index (Phi) is 14.8. The molecule has 0 spiro atoms. The fraction of sp³-hybridized carbons (Fsp3) is 0. The van der Waals surface area contributed by atoms with E-state index in [1.165, 1.54) is 90.3 Å². The molecule has 0 aliphatic rings. The number of nitrogens with zero attached hydrogens (tertiary/aromatic N) is 6. The molecule has 19 rings (SSSR count). The van der Waals surface area contributed by atoms with Gasteiger partial charge in [0.05, 0.1) is 33.5 Å². The molecule has 0 N–H and O–H groups in total. The van der Waals surface area contributed by atoms with Gasteiger partial charge in [0.25, 0.3) is 0 Å². The second-order valence-electron chi connectivity index (χ2n) is 24.5. The van der Waals surface area contributed by atoms with E-state index in [0.29, 0.717) is 17.6 Å². The standard InChI is InChI=1S/C49H32N2S.C41H26N4S/c1-4-13-33(14-5-1)34-23-25-35(26-24-34)40-30-43(36-15-6-2-7-16-36)50-44(31-40)38-19-12-20-41(29-38)51-45-22-11-10-21-42(45)48-46(51)28-27-39-32-47(52-49(39)48)37-17-8-3-9-18-37;1-4-12-27(13-5-1)28-20-22-31(23-21-28)40-42-39(30-16-8-3-9-17-30)43-41(44-40)45-34-19-11-10-18-33(34)37-35(45)25-24-32-26-36(46-38(32)37)29-14-6-2-7-15-29/h1-32H;1-26H. The summed E-state index contributed by atoms with van der Waals surface area (Å²) in [5, 5.41) is 7.48. The highest BCUT2D eigenvalue weighted by molar-refractivity contribution is 7.23. The van der Waals surface area contributed by atoms with Crippen LogP contribution in [0.3, 0.4) is 0 Å². The number of para-hydroxylation sites is 2. The van der Waals surface area contributed by atoms with Gasteiger partial charge in [0.15, 0.2) is 11.6 Å². The molecular weight excluding hydrogens is 1230 g/mol. The Labute approximate surface area is 574 Å². The molecule has 0 unspecified atom stereocenters. The van der Waals surface area contributed by atoms with Crippen LogP contribution in [0.5, 0.6) is 0 Å². The Morgan fingerprint density at radius 2 is 0.592 bits per heavy atom. The normalized spacial score (nSPS) is 11.5. The van der Waals surface area contributed by atoms with Gasteiger partial charge in [-0.1, -0.05) is 291 Å². The van der Waals surface area contributed by atoms with Gasteiger partial charge < -0.3 is 4.57 Å². The van der Waals surface area contributed by atoms with E-state index in [2.05, 4.69) is 325 Å². The minimum atomic E-state index is 0.598. The number of benzene rings is 13. The van der Waals surface area contributed by atoms with Crippen LogP contribution in [-0.2, 0) is 0 Å². The van der Waals surface area contributed by atoms with Crippen LogP contribution in [0.4, 0.5) is 0 Å². The van der Waals surface area contributed by atoms with Crippen molar-refractivity contribution in [3.8, 4) is 111 Å². The molecule has 6 nitrogen and oxygen atoms in total. The molecule has 19 aromatic rings. The van der Waals surface area contributed by atoms with Crippen molar-refractivity contribution in [2.75, 3.05) is 0 Å². The zero-order chi connectivity index (χ0) is 64.9. The van der Waals surface area contributed by atoms with Crippen molar-refractivity contribution in [1.29, 1.82) is 0 Å². The van der Waals surface area contributed by atoms with E-state index in [4.69, 9.17) is 19.9 Å². The fourth-order valence-corrected chi connectivity index (χ4v) is 16.2. The molecule has 6 aromatic heterocycles. The topological polar surface area (TPSA) is 61.4 Å². The lowest BCUT2D eigenvalue weighted by Crippen LogP contribution is -2.06. The Bertz CT molecular complexity index is 6120. The Balaban J connectivity index is 0.000000143. The highest BCUT2D eigenvalue weighted by Gasteiger charge is 2.22. The lowest BCUT2D eigenvalue weighted by Gasteiger charge is -2.13. The van der Waals surface area contributed by atoms with E-state index < -0.39 is 0 Å². The first-order valence-electron chi connectivity index (χ1n) is 32.9. The lowest BCUT2D eigenvalue weighted by atomic mass is 9.97. The largest absolute Gasteiger partial charge is 0.309 e.